The average Bonchev–Trinajstić information content (AvgIpc) is 3.12. The van der Waals surface area contributed by atoms with Gasteiger partial charge in [0.2, 0.25) is 0 Å². The summed E-state index contributed by atoms with van der Waals surface area (Å²) in [4.78, 5) is 46.0. The van der Waals surface area contributed by atoms with Crippen molar-refractivity contribution in [2.45, 2.75) is 226 Å². The first-order chi connectivity index (χ1) is 25.6. The summed E-state index contributed by atoms with van der Waals surface area (Å²) >= 11 is 0. The van der Waals surface area contributed by atoms with Crippen LogP contribution in [-0.4, -0.2) is 53.3 Å². The maximum absolute atomic E-state index is 12.6. The van der Waals surface area contributed by atoms with Crippen LogP contribution in [0.2, 0.25) is 0 Å². The molecule has 0 saturated heterocycles. The molecule has 0 bridgehead atoms. The topological polar surface area (TPSA) is 146 Å². The molecule has 0 fully saturated rings. The van der Waals surface area contributed by atoms with Crippen molar-refractivity contribution < 1.29 is 47.5 Å². The van der Waals surface area contributed by atoms with E-state index < -0.39 is 44.5 Å². The predicted molar refractivity (Wildman–Crippen MR) is 214 cm³/mol. The van der Waals surface area contributed by atoms with E-state index in [0.717, 1.165) is 64.7 Å². The highest BCUT2D eigenvalue weighted by Gasteiger charge is 2.30. The second kappa shape index (κ2) is 37.2. The van der Waals surface area contributed by atoms with Gasteiger partial charge in [0, 0.05) is 12.8 Å². The second-order valence-electron chi connectivity index (χ2n) is 14.7. The Bertz CT molecular complexity index is 956. The van der Waals surface area contributed by atoms with Crippen LogP contribution in [0.5, 0.6) is 0 Å². The first kappa shape index (κ1) is 51.3. The molecule has 0 amide bonds. The fourth-order valence-electron chi connectivity index (χ4n) is 6.05. The Morgan fingerprint density at radius 3 is 1.36 bits per heavy atom. The Labute approximate surface area is 323 Å². The number of hydrogen-bond donors (Lipinski definition) is 2. The van der Waals surface area contributed by atoms with Crippen LogP contribution in [0.3, 0.4) is 0 Å². The smallest absolute Gasteiger partial charge is 0.473 e. The number of allylic oxidation sites excluding steroid dienone is 2. The molecule has 3 atom stereocenters. The molecule has 0 radical (unpaired) electrons. The van der Waals surface area contributed by atoms with Crippen LogP contribution < -0.4 is 0 Å². The van der Waals surface area contributed by atoms with Gasteiger partial charge in [0.25, 0.3) is 0 Å². The number of phosphoric acid groups is 1. The molecule has 2 unspecified atom stereocenters. The zero-order valence-electron chi connectivity index (χ0n) is 34.0. The average molecular weight is 775 g/mol. The number of rotatable bonds is 40. The number of aliphatic carboxylic acids is 1. The summed E-state index contributed by atoms with van der Waals surface area (Å²) in [6.07, 6.45) is 35.5. The largest absolute Gasteiger partial charge is 0.479 e. The van der Waals surface area contributed by atoms with Crippen LogP contribution >= 0.6 is 7.82 Å². The van der Waals surface area contributed by atoms with E-state index in [1.54, 1.807) is 0 Å². The molecular weight excluding hydrogens is 695 g/mol. The van der Waals surface area contributed by atoms with Gasteiger partial charge >= 0.3 is 25.7 Å². The highest BCUT2D eigenvalue weighted by molar-refractivity contribution is 7.47. The normalized spacial score (nSPS) is 13.9. The maximum Gasteiger partial charge on any atom is 0.473 e. The molecule has 53 heavy (non-hydrogen) atoms. The molecule has 312 valence electrons. The number of unbranched alkanes of at least 4 members (excludes halogenated alkanes) is 25. The molecule has 10 nitrogen and oxygen atoms in total. The molecule has 0 spiro atoms. The van der Waals surface area contributed by atoms with Crippen LogP contribution in [0, 0.1) is 0 Å². The molecule has 0 heterocycles. The molecule has 0 rings (SSSR count). The van der Waals surface area contributed by atoms with Crippen LogP contribution in [-0.2, 0) is 37.5 Å². The molecule has 0 aromatic heterocycles. The third-order valence-corrected chi connectivity index (χ3v) is 10.5. The van der Waals surface area contributed by atoms with Gasteiger partial charge in [0.15, 0.2) is 12.2 Å². The summed E-state index contributed by atoms with van der Waals surface area (Å²) in [6.45, 7) is 4.65. The first-order valence-electron chi connectivity index (χ1n) is 21.5. The van der Waals surface area contributed by atoms with Crippen LogP contribution in [0.25, 0.3) is 0 Å². The fourth-order valence-corrected chi connectivity index (χ4v) is 6.96. The van der Waals surface area contributed by atoms with Crippen LogP contribution in [0.4, 0.5) is 0 Å². The van der Waals surface area contributed by atoms with E-state index in [4.69, 9.17) is 19.1 Å². The minimum atomic E-state index is -4.76. The monoisotopic (exact) mass is 775 g/mol. The molecule has 0 aliphatic heterocycles. The third-order valence-electron chi connectivity index (χ3n) is 9.42. The summed E-state index contributed by atoms with van der Waals surface area (Å²) in [5.41, 5.74) is 0. The Kier molecular flexibility index (Phi) is 36.0. The molecule has 11 heteroatoms. The fraction of sp³-hybridized carbons (Fsp3) is 0.881. The SMILES string of the molecule is CCCCCCCC/C=C\CCCCCCCC(=O)O[C@H](COC(=O)CCCCCCCCCCCCCCCCC)COP(=O)(O)OC(C)C(=O)O. The summed E-state index contributed by atoms with van der Waals surface area (Å²) in [6, 6.07) is 0. The molecule has 0 aromatic rings. The molecule has 2 N–H and O–H groups in total. The molecule has 0 saturated carbocycles. The highest BCUT2D eigenvalue weighted by Crippen LogP contribution is 2.44. The first-order valence-corrected chi connectivity index (χ1v) is 23.0. The zero-order chi connectivity index (χ0) is 39.3. The second-order valence-corrected chi connectivity index (χ2v) is 16.1. The lowest BCUT2D eigenvalue weighted by Crippen LogP contribution is -2.30. The van der Waals surface area contributed by atoms with Crippen molar-refractivity contribution in [2.24, 2.45) is 0 Å². The van der Waals surface area contributed by atoms with E-state index >= 15 is 0 Å². The van der Waals surface area contributed by atoms with Crippen molar-refractivity contribution in [1.29, 1.82) is 0 Å². The van der Waals surface area contributed by atoms with Crippen molar-refractivity contribution in [2.75, 3.05) is 13.2 Å². The number of hydrogen-bond acceptors (Lipinski definition) is 8. The lowest BCUT2D eigenvalue weighted by Gasteiger charge is -2.20. The number of carboxylic acid groups (broad SMARTS) is 1. The minimum Gasteiger partial charge on any atom is -0.479 e. The zero-order valence-corrected chi connectivity index (χ0v) is 34.9. The lowest BCUT2D eigenvalue weighted by atomic mass is 10.0. The maximum atomic E-state index is 12.6. The summed E-state index contributed by atoms with van der Waals surface area (Å²) in [5, 5.41) is 8.98. The number of carbonyl (C=O) groups excluding carboxylic acids is 2. The quantitative estimate of drug-likeness (QED) is 0.0267. The molecule has 0 aliphatic carbocycles. The molecule has 0 aliphatic rings. The van der Waals surface area contributed by atoms with Gasteiger partial charge in [-0.3, -0.25) is 18.6 Å². The van der Waals surface area contributed by atoms with E-state index in [9.17, 15) is 23.8 Å². The van der Waals surface area contributed by atoms with Crippen LogP contribution in [0.1, 0.15) is 213 Å². The van der Waals surface area contributed by atoms with E-state index in [1.165, 1.54) is 109 Å². The van der Waals surface area contributed by atoms with Gasteiger partial charge in [-0.1, -0.05) is 167 Å². The third kappa shape index (κ3) is 37.0. The summed E-state index contributed by atoms with van der Waals surface area (Å²) < 4.78 is 32.6. The predicted octanol–water partition coefficient (Wildman–Crippen LogP) is 12.3. The lowest BCUT2D eigenvalue weighted by molar-refractivity contribution is -0.161. The van der Waals surface area contributed by atoms with E-state index in [2.05, 4.69) is 30.5 Å². The van der Waals surface area contributed by atoms with E-state index in [-0.39, 0.29) is 19.4 Å². The van der Waals surface area contributed by atoms with Crippen molar-refractivity contribution in [3.05, 3.63) is 12.2 Å². The number of esters is 2. The molecular formula is C42H79O10P. The number of carbonyl (C=O) groups is 3. The van der Waals surface area contributed by atoms with Crippen molar-refractivity contribution in [3.8, 4) is 0 Å². The number of carboxylic acids is 1. The van der Waals surface area contributed by atoms with Gasteiger partial charge in [-0.15, -0.1) is 0 Å². The minimum absolute atomic E-state index is 0.158. The standard InChI is InChI=1S/C42H79O10P/c1-4-6-8-10-12-14-16-18-20-22-24-26-28-30-32-34-40(43)49-36-39(37-50-53(47,48)52-38(3)42(45)46)51-41(44)35-33-31-29-27-25-23-21-19-17-15-13-11-9-7-5-2/h19,21,38-39H,4-18,20,22-37H2,1-3H3,(H,45,46)(H,47,48)/b21-19-/t38?,39-/m1/s1. The van der Waals surface area contributed by atoms with E-state index in [0.29, 0.717) is 12.8 Å². The highest BCUT2D eigenvalue weighted by atomic mass is 31.2. The van der Waals surface area contributed by atoms with Gasteiger partial charge in [-0.2, -0.15) is 0 Å². The van der Waals surface area contributed by atoms with Gasteiger partial charge in [-0.25, -0.2) is 9.36 Å². The Hall–Kier alpha value is -1.74. The Morgan fingerprint density at radius 2 is 0.943 bits per heavy atom. The number of ether oxygens (including phenoxy) is 2. The van der Waals surface area contributed by atoms with Crippen molar-refractivity contribution in [1.82, 2.24) is 0 Å². The van der Waals surface area contributed by atoms with Gasteiger partial charge < -0.3 is 19.5 Å². The summed E-state index contributed by atoms with van der Waals surface area (Å²) in [7, 11) is -4.76. The molecule has 0 aromatic carbocycles. The summed E-state index contributed by atoms with van der Waals surface area (Å²) in [5.74, 6) is -2.40. The van der Waals surface area contributed by atoms with E-state index in [1.807, 2.05) is 0 Å². The van der Waals surface area contributed by atoms with Gasteiger partial charge in [-0.05, 0) is 45.4 Å². The van der Waals surface area contributed by atoms with Gasteiger partial charge in [0.1, 0.15) is 6.61 Å². The van der Waals surface area contributed by atoms with Crippen LogP contribution in [0.15, 0.2) is 12.2 Å². The Morgan fingerprint density at radius 1 is 0.566 bits per heavy atom. The Balaban J connectivity index is 4.31. The van der Waals surface area contributed by atoms with Gasteiger partial charge in [0.05, 0.1) is 6.61 Å². The van der Waals surface area contributed by atoms with Crippen molar-refractivity contribution >= 4 is 25.7 Å². The van der Waals surface area contributed by atoms with Crippen molar-refractivity contribution in [3.63, 3.8) is 0 Å². The number of phosphoric ester groups is 1.